The first-order valence-electron chi connectivity index (χ1n) is 18.4. The maximum absolute atomic E-state index is 14.0. The van der Waals surface area contributed by atoms with Gasteiger partial charge in [0, 0.05) is 72.9 Å². The van der Waals surface area contributed by atoms with Crippen molar-refractivity contribution in [1.82, 2.24) is 10.6 Å². The second-order valence-electron chi connectivity index (χ2n) is 13.8. The summed E-state index contributed by atoms with van der Waals surface area (Å²) in [5, 5.41) is 43.8. The fourth-order valence-electron chi connectivity index (χ4n) is 7.50. The highest BCUT2D eigenvalue weighted by molar-refractivity contribution is 6.09. The number of carboxylic acids is 2. The lowest BCUT2D eigenvalue weighted by Gasteiger charge is -2.21. The second kappa shape index (κ2) is 17.8. The van der Waals surface area contributed by atoms with Crippen molar-refractivity contribution in [2.24, 2.45) is 0 Å². The van der Waals surface area contributed by atoms with Crippen LogP contribution in [0.1, 0.15) is 55.8 Å². The largest absolute Gasteiger partial charge is 0.496 e. The molecule has 4 aromatic rings. The molecule has 0 saturated heterocycles. The normalized spacial score (nSPS) is 14.2. The van der Waals surface area contributed by atoms with E-state index in [1.165, 1.54) is 14.2 Å². The molecular weight excluding hydrogens is 720 g/mol. The lowest BCUT2D eigenvalue weighted by Crippen LogP contribution is -2.30. The van der Waals surface area contributed by atoms with Gasteiger partial charge in [-0.1, -0.05) is 24.3 Å². The molecule has 2 aliphatic heterocycles. The van der Waals surface area contributed by atoms with Crippen molar-refractivity contribution in [3.63, 3.8) is 0 Å². The van der Waals surface area contributed by atoms with Crippen LogP contribution in [0.4, 0.5) is 11.4 Å². The van der Waals surface area contributed by atoms with Gasteiger partial charge in [0.2, 0.25) is 0 Å². The first-order chi connectivity index (χ1) is 27.0. The van der Waals surface area contributed by atoms with E-state index in [9.17, 15) is 29.4 Å². The molecule has 294 valence electrons. The zero-order valence-electron chi connectivity index (χ0n) is 31.3. The number of hydrogen-bond acceptors (Lipinski definition) is 10. The fraction of sp³-hybridized carbons (Fsp3) is 0.333. The van der Waals surface area contributed by atoms with Crippen molar-refractivity contribution in [2.45, 2.75) is 51.0 Å². The Labute approximate surface area is 324 Å². The van der Waals surface area contributed by atoms with Gasteiger partial charge in [-0.25, -0.2) is 0 Å². The highest BCUT2D eigenvalue weighted by atomic mass is 16.5. The van der Waals surface area contributed by atoms with Crippen LogP contribution in [-0.4, -0.2) is 96.8 Å². The number of rotatable bonds is 17. The minimum atomic E-state index is -1.09. The maximum atomic E-state index is 14.0. The van der Waals surface area contributed by atoms with Gasteiger partial charge in [0.25, 0.3) is 11.8 Å². The molecule has 0 radical (unpaired) electrons. The Balaban J connectivity index is 1.20. The molecule has 2 amide bonds. The molecule has 0 spiro atoms. The number of nitrogens with zero attached hydrogens (tertiary/aromatic N) is 2. The van der Waals surface area contributed by atoms with Gasteiger partial charge in [-0.05, 0) is 83.6 Å². The Morgan fingerprint density at radius 2 is 1.05 bits per heavy atom. The Morgan fingerprint density at radius 1 is 0.643 bits per heavy atom. The summed E-state index contributed by atoms with van der Waals surface area (Å²) in [5.74, 6) is -1.40. The van der Waals surface area contributed by atoms with E-state index in [0.29, 0.717) is 59.7 Å². The number of ether oxygens (including phenoxy) is 2. The number of fused-ring (bicyclic) bond motifs is 2. The average molecular weight is 767 g/mol. The Hall–Kier alpha value is -5.80. The number of amides is 2. The molecule has 1 unspecified atom stereocenters. The SMILES string of the molecule is COc1ccc(C(=O)N2CCc3c(-c4cccc5c4CCN5C(=O)c4ccc(OC)c(CNC[C@@H](O)CC(=O)O)c4)cccc32)cc1CNCC(O)CC(=O)O. The number of carbonyl (C=O) groups excluding carboxylic acids is 2. The van der Waals surface area contributed by atoms with Gasteiger partial charge in [0.1, 0.15) is 11.5 Å². The van der Waals surface area contributed by atoms with Crippen LogP contribution in [-0.2, 0) is 35.5 Å². The van der Waals surface area contributed by atoms with E-state index in [2.05, 4.69) is 22.8 Å². The second-order valence-corrected chi connectivity index (χ2v) is 13.8. The molecule has 2 atom stereocenters. The molecule has 0 saturated carbocycles. The standard InChI is InChI=1S/C42H46N4O10/c1-55-37-11-9-25(17-27(37)21-43-23-29(47)19-39(49)50)41(53)45-15-13-33-31(5-3-7-35(33)45)32-6-4-8-36-34(32)14-16-46(36)42(54)26-10-12-38(56-2)28(18-26)22-44-24-30(48)20-40(51)52/h3-12,17-18,29-30,43-44,47-48H,13-16,19-24H2,1-2H3,(H,49,50)(H,51,52)/t29-,30?/m0/s1. The highest BCUT2D eigenvalue weighted by Crippen LogP contribution is 2.42. The number of carboxylic acid groups (broad SMARTS) is 2. The molecule has 6 N–H and O–H groups in total. The van der Waals surface area contributed by atoms with E-state index in [-0.39, 0.29) is 50.8 Å². The van der Waals surface area contributed by atoms with Crippen molar-refractivity contribution in [2.75, 3.05) is 50.2 Å². The van der Waals surface area contributed by atoms with Gasteiger partial charge in [-0.3, -0.25) is 19.2 Å². The van der Waals surface area contributed by atoms with E-state index >= 15 is 0 Å². The monoisotopic (exact) mass is 766 g/mol. The van der Waals surface area contributed by atoms with Gasteiger partial charge in [0.15, 0.2) is 0 Å². The van der Waals surface area contributed by atoms with Crippen molar-refractivity contribution >= 4 is 35.1 Å². The van der Waals surface area contributed by atoms with Crippen LogP contribution in [0.2, 0.25) is 0 Å². The number of benzene rings is 4. The van der Waals surface area contributed by atoms with Crippen molar-refractivity contribution in [3.8, 4) is 22.6 Å². The molecule has 4 aromatic carbocycles. The maximum Gasteiger partial charge on any atom is 0.306 e. The molecule has 0 aromatic heterocycles. The van der Waals surface area contributed by atoms with Crippen molar-refractivity contribution in [3.05, 3.63) is 106 Å². The number of carbonyl (C=O) groups is 4. The molecular formula is C42H46N4O10. The van der Waals surface area contributed by atoms with Crippen LogP contribution in [0.15, 0.2) is 72.8 Å². The minimum Gasteiger partial charge on any atom is -0.496 e. The van der Waals surface area contributed by atoms with Gasteiger partial charge < -0.3 is 50.3 Å². The molecule has 14 heteroatoms. The smallest absolute Gasteiger partial charge is 0.306 e. The first kappa shape index (κ1) is 39.9. The Bertz CT molecular complexity index is 1970. The summed E-state index contributed by atoms with van der Waals surface area (Å²) in [7, 11) is 3.06. The summed E-state index contributed by atoms with van der Waals surface area (Å²) < 4.78 is 11.0. The summed E-state index contributed by atoms with van der Waals surface area (Å²) in [4.78, 5) is 53.4. The third kappa shape index (κ3) is 8.84. The van der Waals surface area contributed by atoms with Crippen molar-refractivity contribution in [1.29, 1.82) is 0 Å². The lowest BCUT2D eigenvalue weighted by molar-refractivity contribution is -0.140. The molecule has 6 rings (SSSR count). The summed E-state index contributed by atoms with van der Waals surface area (Å²) in [5.41, 5.74) is 8.07. The number of hydrogen-bond donors (Lipinski definition) is 6. The fourth-order valence-corrected chi connectivity index (χ4v) is 7.50. The summed E-state index contributed by atoms with van der Waals surface area (Å²) in [6, 6.07) is 22.3. The highest BCUT2D eigenvalue weighted by Gasteiger charge is 2.32. The quantitative estimate of drug-likeness (QED) is 0.0915. The van der Waals surface area contributed by atoms with E-state index in [1.807, 2.05) is 24.3 Å². The van der Waals surface area contributed by atoms with Crippen LogP contribution in [0, 0.1) is 0 Å². The molecule has 14 nitrogen and oxygen atoms in total. The van der Waals surface area contributed by atoms with E-state index in [1.54, 1.807) is 46.2 Å². The molecule has 0 bridgehead atoms. The van der Waals surface area contributed by atoms with Crippen molar-refractivity contribution < 1.29 is 49.1 Å². The number of methoxy groups -OCH3 is 2. The molecule has 0 aliphatic carbocycles. The Morgan fingerprint density at radius 3 is 1.43 bits per heavy atom. The zero-order chi connectivity index (χ0) is 39.9. The van der Waals surface area contributed by atoms with Crippen LogP contribution >= 0.6 is 0 Å². The topological polar surface area (TPSA) is 198 Å². The van der Waals surface area contributed by atoms with Crippen LogP contribution in [0.25, 0.3) is 11.1 Å². The number of aliphatic carboxylic acids is 2. The Kier molecular flexibility index (Phi) is 12.7. The van der Waals surface area contributed by atoms with Crippen LogP contribution in [0.3, 0.4) is 0 Å². The van der Waals surface area contributed by atoms with Crippen LogP contribution in [0.5, 0.6) is 11.5 Å². The number of anilines is 2. The molecule has 2 aliphatic rings. The van der Waals surface area contributed by atoms with Gasteiger partial charge in [-0.2, -0.15) is 0 Å². The number of aliphatic hydroxyl groups is 2. The number of aliphatic hydroxyl groups excluding tert-OH is 2. The third-order valence-corrected chi connectivity index (χ3v) is 10.1. The molecule has 0 fully saturated rings. The lowest BCUT2D eigenvalue weighted by atomic mass is 9.93. The van der Waals surface area contributed by atoms with E-state index < -0.39 is 24.1 Å². The summed E-state index contributed by atoms with van der Waals surface area (Å²) in [6.45, 7) is 1.63. The average Bonchev–Trinajstić information content (AvgIpc) is 3.82. The van der Waals surface area contributed by atoms with E-state index in [4.69, 9.17) is 19.7 Å². The summed E-state index contributed by atoms with van der Waals surface area (Å²) >= 11 is 0. The number of nitrogens with one attached hydrogen (secondary N) is 2. The van der Waals surface area contributed by atoms with Gasteiger partial charge in [0.05, 0.1) is 39.3 Å². The molecule has 2 heterocycles. The first-order valence-corrected chi connectivity index (χ1v) is 18.4. The zero-order valence-corrected chi connectivity index (χ0v) is 31.3. The van der Waals surface area contributed by atoms with Crippen LogP contribution < -0.4 is 29.9 Å². The third-order valence-electron chi connectivity index (χ3n) is 10.1. The predicted molar refractivity (Wildman–Crippen MR) is 209 cm³/mol. The predicted octanol–water partition coefficient (Wildman–Crippen LogP) is 3.63. The van der Waals surface area contributed by atoms with Gasteiger partial charge in [-0.15, -0.1) is 0 Å². The van der Waals surface area contributed by atoms with Gasteiger partial charge >= 0.3 is 11.9 Å². The minimum absolute atomic E-state index is 0.0659. The summed E-state index contributed by atoms with van der Waals surface area (Å²) in [6.07, 6.45) is -1.57. The molecule has 56 heavy (non-hydrogen) atoms. The van der Waals surface area contributed by atoms with E-state index in [0.717, 1.165) is 33.6 Å².